The zero-order chi connectivity index (χ0) is 10.2. The van der Waals surface area contributed by atoms with Gasteiger partial charge in [0.25, 0.3) is 0 Å². The number of hydrogen-bond acceptors (Lipinski definition) is 3. The Balaban J connectivity index is 2.70. The number of rotatable bonds is 1. The van der Waals surface area contributed by atoms with Crippen LogP contribution in [0.4, 0.5) is 0 Å². The molecular formula is C10H21NO2. The molecule has 1 aliphatic heterocycles. The Hall–Kier alpha value is -0.120. The maximum atomic E-state index is 9.76. The quantitative estimate of drug-likeness (QED) is 0.641. The first kappa shape index (κ1) is 11.0. The van der Waals surface area contributed by atoms with Crippen molar-refractivity contribution in [3.63, 3.8) is 0 Å². The van der Waals surface area contributed by atoms with E-state index in [-0.39, 0.29) is 12.2 Å². The van der Waals surface area contributed by atoms with Crippen LogP contribution in [0.1, 0.15) is 34.1 Å². The van der Waals surface area contributed by atoms with Gasteiger partial charge in [-0.15, -0.1) is 0 Å². The highest BCUT2D eigenvalue weighted by molar-refractivity contribution is 4.97. The van der Waals surface area contributed by atoms with Crippen molar-refractivity contribution < 1.29 is 9.84 Å². The first-order valence-corrected chi connectivity index (χ1v) is 4.97. The number of nitrogens with two attached hydrogens (primary N) is 1. The van der Waals surface area contributed by atoms with Gasteiger partial charge >= 0.3 is 0 Å². The monoisotopic (exact) mass is 187 g/mol. The molecule has 0 radical (unpaired) electrons. The Morgan fingerprint density at radius 2 is 2.08 bits per heavy atom. The number of ether oxygens (including phenoxy) is 1. The van der Waals surface area contributed by atoms with E-state index in [0.717, 1.165) is 6.42 Å². The minimum Gasteiger partial charge on any atom is -0.389 e. The van der Waals surface area contributed by atoms with E-state index in [1.54, 1.807) is 0 Å². The topological polar surface area (TPSA) is 55.5 Å². The smallest absolute Gasteiger partial charge is 0.0976 e. The van der Waals surface area contributed by atoms with Gasteiger partial charge in [-0.2, -0.15) is 0 Å². The summed E-state index contributed by atoms with van der Waals surface area (Å²) in [7, 11) is 0. The van der Waals surface area contributed by atoms with Gasteiger partial charge < -0.3 is 15.6 Å². The van der Waals surface area contributed by atoms with Crippen molar-refractivity contribution in [1.29, 1.82) is 0 Å². The fraction of sp³-hybridized carbons (Fsp3) is 1.00. The molecule has 3 nitrogen and oxygen atoms in total. The van der Waals surface area contributed by atoms with Gasteiger partial charge in [0.05, 0.1) is 18.3 Å². The predicted molar refractivity (Wildman–Crippen MR) is 52.4 cm³/mol. The minimum atomic E-state index is -0.553. The Labute approximate surface area is 80.3 Å². The Kier molecular flexibility index (Phi) is 3.00. The van der Waals surface area contributed by atoms with Crippen LogP contribution in [0.3, 0.4) is 0 Å². The molecule has 0 aromatic rings. The molecule has 4 atom stereocenters. The fourth-order valence-corrected chi connectivity index (χ4v) is 1.88. The van der Waals surface area contributed by atoms with Crippen molar-refractivity contribution >= 4 is 0 Å². The lowest BCUT2D eigenvalue weighted by Crippen LogP contribution is -2.60. The van der Waals surface area contributed by atoms with Gasteiger partial charge in [-0.05, 0) is 26.2 Å². The Morgan fingerprint density at radius 1 is 1.54 bits per heavy atom. The van der Waals surface area contributed by atoms with Crippen LogP contribution in [0.25, 0.3) is 0 Å². The molecule has 3 N–H and O–H groups in total. The molecule has 3 heteroatoms. The largest absolute Gasteiger partial charge is 0.389 e. The summed E-state index contributed by atoms with van der Waals surface area (Å²) < 4.78 is 5.67. The maximum Gasteiger partial charge on any atom is 0.0976 e. The van der Waals surface area contributed by atoms with Crippen LogP contribution in [0.5, 0.6) is 0 Å². The standard InChI is InChI=1S/C10H21NO2/c1-6(2)8-5-10(4,11)9(12)7(3)13-8/h6-9,12H,5,11H2,1-4H3/t7-,8+,9-,10-/m1/s1. The summed E-state index contributed by atoms with van der Waals surface area (Å²) in [4.78, 5) is 0. The summed E-state index contributed by atoms with van der Waals surface area (Å²) in [6.07, 6.45) is 0.197. The molecule has 1 rings (SSSR count). The van der Waals surface area contributed by atoms with E-state index in [1.165, 1.54) is 0 Å². The van der Waals surface area contributed by atoms with Crippen molar-refractivity contribution in [2.75, 3.05) is 0 Å². The molecule has 13 heavy (non-hydrogen) atoms. The highest BCUT2D eigenvalue weighted by atomic mass is 16.5. The second kappa shape index (κ2) is 3.56. The molecule has 0 saturated carbocycles. The zero-order valence-corrected chi connectivity index (χ0v) is 8.95. The van der Waals surface area contributed by atoms with Crippen molar-refractivity contribution in [1.82, 2.24) is 0 Å². The van der Waals surface area contributed by atoms with Gasteiger partial charge in [0.2, 0.25) is 0 Å². The van der Waals surface area contributed by atoms with Crippen molar-refractivity contribution in [2.24, 2.45) is 11.7 Å². The summed E-state index contributed by atoms with van der Waals surface area (Å²) in [5.41, 5.74) is 5.50. The molecule has 0 aromatic heterocycles. The number of aliphatic hydroxyl groups is 1. The lowest BCUT2D eigenvalue weighted by molar-refractivity contribution is -0.153. The van der Waals surface area contributed by atoms with Crippen LogP contribution in [0.2, 0.25) is 0 Å². The van der Waals surface area contributed by atoms with Crippen molar-refractivity contribution in [2.45, 2.75) is 58.0 Å². The molecule has 0 amide bonds. The third kappa shape index (κ3) is 2.22. The predicted octanol–water partition coefficient (Wildman–Crippen LogP) is 0.898. The molecule has 0 unspecified atom stereocenters. The summed E-state index contributed by atoms with van der Waals surface area (Å²) in [5.74, 6) is 0.456. The number of aliphatic hydroxyl groups excluding tert-OH is 1. The number of hydrogen-bond donors (Lipinski definition) is 2. The van der Waals surface area contributed by atoms with E-state index in [1.807, 2.05) is 13.8 Å². The summed E-state index contributed by atoms with van der Waals surface area (Å²) in [6, 6.07) is 0. The third-order valence-corrected chi connectivity index (χ3v) is 2.89. The van der Waals surface area contributed by atoms with E-state index in [9.17, 15) is 5.11 Å². The SMILES string of the molecule is CC(C)[C@@H]1C[C@@](C)(N)[C@H](O)[C@@H](C)O1. The normalized spacial score (nSPS) is 46.8. The maximum absolute atomic E-state index is 9.76. The summed E-state index contributed by atoms with van der Waals surface area (Å²) in [6.45, 7) is 8.01. The van der Waals surface area contributed by atoms with Gasteiger partial charge in [0.15, 0.2) is 0 Å². The van der Waals surface area contributed by atoms with Crippen LogP contribution < -0.4 is 5.73 Å². The van der Waals surface area contributed by atoms with Gasteiger partial charge in [-0.3, -0.25) is 0 Å². The highest BCUT2D eigenvalue weighted by Gasteiger charge is 2.42. The Bertz CT molecular complexity index is 180. The van der Waals surface area contributed by atoms with E-state index in [4.69, 9.17) is 10.5 Å². The second-order valence-corrected chi connectivity index (χ2v) is 4.78. The highest BCUT2D eigenvalue weighted by Crippen LogP contribution is 2.30. The van der Waals surface area contributed by atoms with Crippen LogP contribution in [-0.2, 0) is 4.74 Å². The first-order chi connectivity index (χ1) is 5.84. The van der Waals surface area contributed by atoms with Crippen LogP contribution in [0, 0.1) is 5.92 Å². The molecule has 78 valence electrons. The molecule has 1 aliphatic rings. The molecule has 0 aliphatic carbocycles. The van der Waals surface area contributed by atoms with Crippen LogP contribution >= 0.6 is 0 Å². The minimum absolute atomic E-state index is 0.156. The first-order valence-electron chi connectivity index (χ1n) is 4.97. The second-order valence-electron chi connectivity index (χ2n) is 4.78. The van der Waals surface area contributed by atoms with E-state index in [2.05, 4.69) is 13.8 Å². The van der Waals surface area contributed by atoms with Crippen molar-refractivity contribution in [3.8, 4) is 0 Å². The summed E-state index contributed by atoms with van der Waals surface area (Å²) >= 11 is 0. The fourth-order valence-electron chi connectivity index (χ4n) is 1.88. The average molecular weight is 187 g/mol. The molecule has 0 bridgehead atoms. The molecule has 1 saturated heterocycles. The van der Waals surface area contributed by atoms with E-state index in [0.29, 0.717) is 5.92 Å². The summed E-state index contributed by atoms with van der Waals surface area (Å²) in [5, 5.41) is 9.76. The van der Waals surface area contributed by atoms with Gasteiger partial charge in [-0.1, -0.05) is 13.8 Å². The lowest BCUT2D eigenvalue weighted by Gasteiger charge is -2.44. The van der Waals surface area contributed by atoms with Gasteiger partial charge in [0.1, 0.15) is 0 Å². The molecule has 0 spiro atoms. The van der Waals surface area contributed by atoms with Gasteiger partial charge in [0, 0.05) is 5.54 Å². The molecule has 1 heterocycles. The van der Waals surface area contributed by atoms with E-state index >= 15 is 0 Å². The zero-order valence-electron chi connectivity index (χ0n) is 8.95. The third-order valence-electron chi connectivity index (χ3n) is 2.89. The Morgan fingerprint density at radius 3 is 2.46 bits per heavy atom. The van der Waals surface area contributed by atoms with Gasteiger partial charge in [-0.25, -0.2) is 0 Å². The average Bonchev–Trinajstić information content (AvgIpc) is 1.99. The van der Waals surface area contributed by atoms with Crippen LogP contribution in [-0.4, -0.2) is 29.0 Å². The molecule has 0 aromatic carbocycles. The van der Waals surface area contributed by atoms with Crippen LogP contribution in [0.15, 0.2) is 0 Å². The van der Waals surface area contributed by atoms with E-state index < -0.39 is 11.6 Å². The van der Waals surface area contributed by atoms with Crippen molar-refractivity contribution in [3.05, 3.63) is 0 Å². The molecule has 1 fully saturated rings. The lowest BCUT2D eigenvalue weighted by atomic mass is 9.81. The molecular weight excluding hydrogens is 166 g/mol.